The predicted octanol–water partition coefficient (Wildman–Crippen LogP) is 3.65. The van der Waals surface area contributed by atoms with Crippen LogP contribution in [0.5, 0.6) is 11.5 Å². The van der Waals surface area contributed by atoms with E-state index in [1.165, 1.54) is 11.3 Å². The summed E-state index contributed by atoms with van der Waals surface area (Å²) in [4.78, 5) is 4.88. The van der Waals surface area contributed by atoms with Crippen molar-refractivity contribution < 1.29 is 9.47 Å². The normalized spacial score (nSPS) is 15.1. The van der Waals surface area contributed by atoms with Crippen LogP contribution in [-0.4, -0.2) is 65.5 Å². The molecular formula is C27H30N6O2. The molecule has 0 aliphatic carbocycles. The van der Waals surface area contributed by atoms with E-state index in [2.05, 4.69) is 61.7 Å². The Bertz CT molecular complexity index is 1200. The largest absolute Gasteiger partial charge is 0.497 e. The molecule has 8 heteroatoms. The second kappa shape index (κ2) is 10.6. The van der Waals surface area contributed by atoms with Crippen molar-refractivity contribution in [1.82, 2.24) is 25.1 Å². The molecule has 1 saturated heterocycles. The van der Waals surface area contributed by atoms with Gasteiger partial charge in [-0.2, -0.15) is 0 Å². The average molecular weight is 471 g/mol. The van der Waals surface area contributed by atoms with Gasteiger partial charge in [0.1, 0.15) is 11.5 Å². The number of hydrogen-bond donors (Lipinski definition) is 0. The Kier molecular flexibility index (Phi) is 6.90. The van der Waals surface area contributed by atoms with Crippen molar-refractivity contribution in [1.29, 1.82) is 0 Å². The third-order valence-electron chi connectivity index (χ3n) is 6.53. The SMILES string of the molecule is COc1ccc(C(c2nnnn2Cc2ccccc2)N2CCN(c3ccc(OC)cc3)CC2)cc1. The molecule has 35 heavy (non-hydrogen) atoms. The van der Waals surface area contributed by atoms with Crippen LogP contribution in [0.4, 0.5) is 5.69 Å². The van der Waals surface area contributed by atoms with E-state index < -0.39 is 0 Å². The average Bonchev–Trinajstić information content (AvgIpc) is 3.37. The summed E-state index contributed by atoms with van der Waals surface area (Å²) in [5.74, 6) is 2.55. The van der Waals surface area contributed by atoms with Gasteiger partial charge in [0.05, 0.1) is 26.8 Å². The first-order valence-electron chi connectivity index (χ1n) is 11.8. The topological polar surface area (TPSA) is 68.5 Å². The second-order valence-corrected chi connectivity index (χ2v) is 8.58. The van der Waals surface area contributed by atoms with Gasteiger partial charge in [0, 0.05) is 31.9 Å². The minimum atomic E-state index is -0.0577. The summed E-state index contributed by atoms with van der Waals surface area (Å²) < 4.78 is 12.6. The summed E-state index contributed by atoms with van der Waals surface area (Å²) in [5.41, 5.74) is 3.52. The molecule has 1 aliphatic rings. The lowest BCUT2D eigenvalue weighted by molar-refractivity contribution is 0.201. The zero-order valence-corrected chi connectivity index (χ0v) is 20.1. The lowest BCUT2D eigenvalue weighted by Gasteiger charge is -2.40. The Morgan fingerprint density at radius 2 is 1.40 bits per heavy atom. The van der Waals surface area contributed by atoms with E-state index in [4.69, 9.17) is 9.47 Å². The molecule has 5 rings (SSSR count). The summed E-state index contributed by atoms with van der Waals surface area (Å²) in [5, 5.41) is 12.9. The molecule has 0 amide bonds. The van der Waals surface area contributed by atoms with E-state index in [1.807, 2.05) is 47.1 Å². The number of rotatable bonds is 8. The van der Waals surface area contributed by atoms with Crippen LogP contribution in [0.3, 0.4) is 0 Å². The first-order chi connectivity index (χ1) is 17.2. The molecule has 0 saturated carbocycles. The lowest BCUT2D eigenvalue weighted by atomic mass is 10.0. The van der Waals surface area contributed by atoms with Gasteiger partial charge in [0.15, 0.2) is 5.82 Å². The maximum Gasteiger partial charge on any atom is 0.173 e. The van der Waals surface area contributed by atoms with Crippen LogP contribution in [0, 0.1) is 0 Å². The molecule has 180 valence electrons. The van der Waals surface area contributed by atoms with E-state index in [0.717, 1.165) is 49.1 Å². The van der Waals surface area contributed by atoms with E-state index in [0.29, 0.717) is 6.54 Å². The van der Waals surface area contributed by atoms with Gasteiger partial charge in [0.2, 0.25) is 0 Å². The highest BCUT2D eigenvalue weighted by atomic mass is 16.5. The van der Waals surface area contributed by atoms with Gasteiger partial charge in [-0.3, -0.25) is 4.90 Å². The third kappa shape index (κ3) is 5.12. The Labute approximate surface area is 205 Å². The number of aromatic nitrogens is 4. The van der Waals surface area contributed by atoms with Crippen LogP contribution in [0.1, 0.15) is 23.0 Å². The molecule has 8 nitrogen and oxygen atoms in total. The number of piperazine rings is 1. The maximum absolute atomic E-state index is 5.39. The second-order valence-electron chi connectivity index (χ2n) is 8.58. The van der Waals surface area contributed by atoms with Crippen LogP contribution in [0.25, 0.3) is 0 Å². The minimum Gasteiger partial charge on any atom is -0.497 e. The summed E-state index contributed by atoms with van der Waals surface area (Å²) in [7, 11) is 3.38. The van der Waals surface area contributed by atoms with Crippen molar-refractivity contribution in [3.63, 3.8) is 0 Å². The van der Waals surface area contributed by atoms with Crippen molar-refractivity contribution in [2.24, 2.45) is 0 Å². The molecular weight excluding hydrogens is 440 g/mol. The van der Waals surface area contributed by atoms with E-state index >= 15 is 0 Å². The number of benzene rings is 3. The van der Waals surface area contributed by atoms with E-state index in [-0.39, 0.29) is 6.04 Å². The van der Waals surface area contributed by atoms with Crippen molar-refractivity contribution in [3.05, 3.63) is 95.8 Å². The number of hydrogen-bond acceptors (Lipinski definition) is 7. The van der Waals surface area contributed by atoms with Gasteiger partial charge >= 0.3 is 0 Å². The zero-order valence-electron chi connectivity index (χ0n) is 20.1. The Balaban J connectivity index is 1.40. The Morgan fingerprint density at radius 3 is 2.03 bits per heavy atom. The molecule has 0 bridgehead atoms. The number of anilines is 1. The number of tetrazole rings is 1. The number of methoxy groups -OCH3 is 2. The van der Waals surface area contributed by atoms with Gasteiger partial charge < -0.3 is 14.4 Å². The number of nitrogens with zero attached hydrogens (tertiary/aromatic N) is 6. The maximum atomic E-state index is 5.39. The highest BCUT2D eigenvalue weighted by Gasteiger charge is 2.31. The standard InChI is InChI=1S/C27H30N6O2/c1-34-24-12-8-22(9-13-24)26(27-28-29-30-33(27)20-21-6-4-3-5-7-21)32-18-16-31(17-19-32)23-10-14-25(35-2)15-11-23/h3-15,26H,16-20H2,1-2H3. The molecule has 1 aromatic heterocycles. The van der Waals surface area contributed by atoms with Crippen molar-refractivity contribution >= 4 is 5.69 Å². The van der Waals surface area contributed by atoms with Crippen LogP contribution in [-0.2, 0) is 6.54 Å². The van der Waals surface area contributed by atoms with Crippen molar-refractivity contribution in [2.75, 3.05) is 45.3 Å². The molecule has 1 atom stereocenters. The van der Waals surface area contributed by atoms with Crippen LogP contribution in [0.15, 0.2) is 78.9 Å². The van der Waals surface area contributed by atoms with Crippen LogP contribution in [0.2, 0.25) is 0 Å². The fourth-order valence-electron chi connectivity index (χ4n) is 4.62. The minimum absolute atomic E-state index is 0.0577. The van der Waals surface area contributed by atoms with Crippen molar-refractivity contribution in [2.45, 2.75) is 12.6 Å². The first-order valence-corrected chi connectivity index (χ1v) is 11.8. The Hall–Kier alpha value is -3.91. The van der Waals surface area contributed by atoms with Gasteiger partial charge in [-0.1, -0.05) is 42.5 Å². The molecule has 1 unspecified atom stereocenters. The highest BCUT2D eigenvalue weighted by Crippen LogP contribution is 2.31. The molecule has 0 spiro atoms. The van der Waals surface area contributed by atoms with E-state index in [1.54, 1.807) is 14.2 Å². The zero-order chi connectivity index (χ0) is 24.0. The molecule has 1 fully saturated rings. The van der Waals surface area contributed by atoms with Gasteiger partial charge in [-0.15, -0.1) is 5.10 Å². The first kappa shape index (κ1) is 22.9. The van der Waals surface area contributed by atoms with Crippen molar-refractivity contribution in [3.8, 4) is 11.5 Å². The molecule has 0 N–H and O–H groups in total. The quantitative estimate of drug-likeness (QED) is 0.389. The summed E-state index contributed by atoms with van der Waals surface area (Å²) in [6.45, 7) is 4.24. The summed E-state index contributed by atoms with van der Waals surface area (Å²) >= 11 is 0. The van der Waals surface area contributed by atoms with E-state index in [9.17, 15) is 0 Å². The van der Waals surface area contributed by atoms with Gasteiger partial charge in [-0.25, -0.2) is 4.68 Å². The summed E-state index contributed by atoms with van der Waals surface area (Å²) in [6, 6.07) is 26.7. The van der Waals surface area contributed by atoms with Gasteiger partial charge in [-0.05, 0) is 58.0 Å². The molecule has 0 radical (unpaired) electrons. The third-order valence-corrected chi connectivity index (χ3v) is 6.53. The highest BCUT2D eigenvalue weighted by molar-refractivity contribution is 5.49. The molecule has 2 heterocycles. The monoisotopic (exact) mass is 470 g/mol. The van der Waals surface area contributed by atoms with Crippen LogP contribution >= 0.6 is 0 Å². The lowest BCUT2D eigenvalue weighted by Crippen LogP contribution is -2.48. The van der Waals surface area contributed by atoms with Gasteiger partial charge in [0.25, 0.3) is 0 Å². The molecule has 4 aromatic rings. The molecule has 1 aliphatic heterocycles. The fourth-order valence-corrected chi connectivity index (χ4v) is 4.62. The summed E-state index contributed by atoms with van der Waals surface area (Å²) in [6.07, 6.45) is 0. The predicted molar refractivity (Wildman–Crippen MR) is 135 cm³/mol. The smallest absolute Gasteiger partial charge is 0.173 e. The Morgan fingerprint density at radius 1 is 0.771 bits per heavy atom. The number of ether oxygens (including phenoxy) is 2. The molecule has 3 aromatic carbocycles. The fraction of sp³-hybridized carbons (Fsp3) is 0.296. The van der Waals surface area contributed by atoms with Crippen LogP contribution < -0.4 is 14.4 Å².